The minimum absolute atomic E-state index is 0.120. The summed E-state index contributed by atoms with van der Waals surface area (Å²) in [5.41, 5.74) is 2.36. The molecular formula is C26H33F2N7O2. The summed E-state index contributed by atoms with van der Waals surface area (Å²) in [6, 6.07) is 4.93. The van der Waals surface area contributed by atoms with Crippen LogP contribution in [0.15, 0.2) is 30.6 Å². The minimum Gasteiger partial charge on any atom is -0.350 e. The molecule has 37 heavy (non-hydrogen) atoms. The predicted octanol–water partition coefficient (Wildman–Crippen LogP) is 3.70. The van der Waals surface area contributed by atoms with E-state index in [2.05, 4.69) is 20.8 Å². The van der Waals surface area contributed by atoms with Crippen LogP contribution in [0.25, 0.3) is 5.65 Å². The summed E-state index contributed by atoms with van der Waals surface area (Å²) >= 11 is 0. The fourth-order valence-electron chi connectivity index (χ4n) is 5.57. The fourth-order valence-corrected chi connectivity index (χ4v) is 5.57. The predicted molar refractivity (Wildman–Crippen MR) is 132 cm³/mol. The van der Waals surface area contributed by atoms with E-state index in [-0.39, 0.29) is 30.2 Å². The summed E-state index contributed by atoms with van der Waals surface area (Å²) < 4.78 is 31.0. The molecule has 11 heteroatoms. The summed E-state index contributed by atoms with van der Waals surface area (Å²) in [4.78, 5) is 30.2. The molecule has 2 fully saturated rings. The van der Waals surface area contributed by atoms with Crippen LogP contribution in [-0.4, -0.2) is 48.7 Å². The lowest BCUT2D eigenvalue weighted by molar-refractivity contribution is -0.136. The first-order valence-electron chi connectivity index (χ1n) is 13.2. The largest absolute Gasteiger partial charge is 0.350 e. The molecule has 3 aromatic rings. The molecule has 9 nitrogen and oxygen atoms in total. The standard InChI is InChI=1S/C26H33F2N7O2/c1-2-34-21(11-12-30-34)25(37)32-23(17-7-5-3-4-6-8-17)20-15-35-22(31-20)10-9-19(33-35)13-18-14-26(27,28)16-29-24(18)36/h9-12,15,17-18,23H,2-8,13-14,16H2,1H3,(H,29,36)(H,32,37)/t18?,23-/m0/s1. The third-order valence-corrected chi connectivity index (χ3v) is 7.51. The van der Waals surface area contributed by atoms with Crippen LogP contribution < -0.4 is 10.6 Å². The number of nitrogens with zero attached hydrogens (tertiary/aromatic N) is 5. The van der Waals surface area contributed by atoms with E-state index in [0.29, 0.717) is 23.6 Å². The zero-order valence-corrected chi connectivity index (χ0v) is 21.0. The molecule has 2 amide bonds. The van der Waals surface area contributed by atoms with Gasteiger partial charge < -0.3 is 10.6 Å². The van der Waals surface area contributed by atoms with Crippen molar-refractivity contribution in [2.45, 2.75) is 76.8 Å². The smallest absolute Gasteiger partial charge is 0.270 e. The molecule has 5 rings (SSSR count). The number of halogens is 2. The first-order valence-corrected chi connectivity index (χ1v) is 13.2. The van der Waals surface area contributed by atoms with Crippen LogP contribution in [0.2, 0.25) is 0 Å². The van der Waals surface area contributed by atoms with Crippen molar-refractivity contribution in [3.63, 3.8) is 0 Å². The Labute approximate surface area is 214 Å². The third-order valence-electron chi connectivity index (χ3n) is 7.51. The highest BCUT2D eigenvalue weighted by molar-refractivity contribution is 5.92. The van der Waals surface area contributed by atoms with E-state index in [1.165, 1.54) is 12.8 Å². The van der Waals surface area contributed by atoms with Gasteiger partial charge in [-0.25, -0.2) is 18.3 Å². The minimum atomic E-state index is -2.91. The van der Waals surface area contributed by atoms with Crippen molar-refractivity contribution in [3.8, 4) is 0 Å². The number of imidazole rings is 1. The molecule has 2 aliphatic rings. The van der Waals surface area contributed by atoms with Gasteiger partial charge in [0.2, 0.25) is 5.91 Å². The van der Waals surface area contributed by atoms with Crippen molar-refractivity contribution in [2.75, 3.05) is 6.54 Å². The van der Waals surface area contributed by atoms with Gasteiger partial charge in [-0.1, -0.05) is 25.7 Å². The summed E-state index contributed by atoms with van der Waals surface area (Å²) in [5.74, 6) is -4.08. The van der Waals surface area contributed by atoms with E-state index in [9.17, 15) is 18.4 Å². The Hall–Kier alpha value is -3.37. The fraction of sp³-hybridized carbons (Fsp3) is 0.577. The molecule has 1 aliphatic heterocycles. The van der Waals surface area contributed by atoms with Gasteiger partial charge in [0, 0.05) is 31.5 Å². The molecule has 198 valence electrons. The van der Waals surface area contributed by atoms with Crippen molar-refractivity contribution in [1.29, 1.82) is 0 Å². The van der Waals surface area contributed by atoms with E-state index in [1.54, 1.807) is 39.8 Å². The third kappa shape index (κ3) is 5.65. The number of fused-ring (bicyclic) bond motifs is 1. The van der Waals surface area contributed by atoms with Crippen molar-refractivity contribution >= 4 is 17.5 Å². The number of nitrogens with one attached hydrogen (secondary N) is 2. The van der Waals surface area contributed by atoms with Crippen LogP contribution in [-0.2, 0) is 17.8 Å². The zero-order chi connectivity index (χ0) is 26.0. The van der Waals surface area contributed by atoms with Crippen molar-refractivity contribution in [1.82, 2.24) is 35.0 Å². The number of hydrogen-bond acceptors (Lipinski definition) is 5. The second-order valence-electron chi connectivity index (χ2n) is 10.2. The Morgan fingerprint density at radius 3 is 2.76 bits per heavy atom. The number of carbonyl (C=O) groups is 2. The van der Waals surface area contributed by atoms with Gasteiger partial charge >= 0.3 is 0 Å². The van der Waals surface area contributed by atoms with Crippen molar-refractivity contribution < 1.29 is 18.4 Å². The summed E-state index contributed by atoms with van der Waals surface area (Å²) in [6.45, 7) is 1.92. The molecule has 4 heterocycles. The maximum absolute atomic E-state index is 13.8. The number of amides is 2. The highest BCUT2D eigenvalue weighted by Crippen LogP contribution is 2.34. The lowest BCUT2D eigenvalue weighted by Gasteiger charge is -2.28. The number of aryl methyl sites for hydroxylation is 1. The quantitative estimate of drug-likeness (QED) is 0.469. The summed E-state index contributed by atoms with van der Waals surface area (Å²) in [7, 11) is 0. The topological polar surface area (TPSA) is 106 Å². The van der Waals surface area contributed by atoms with Crippen LogP contribution in [0.4, 0.5) is 8.78 Å². The molecule has 0 radical (unpaired) electrons. The SMILES string of the molecule is CCn1nccc1C(=O)N[C@H](c1cn2nc(CC3CC(F)(F)CNC3=O)ccc2n1)C1CCCCCC1. The monoisotopic (exact) mass is 513 g/mol. The van der Waals surface area contributed by atoms with Gasteiger partial charge in [-0.2, -0.15) is 10.2 Å². The lowest BCUT2D eigenvalue weighted by Crippen LogP contribution is -2.48. The molecule has 2 N–H and O–H groups in total. The number of hydrogen-bond donors (Lipinski definition) is 2. The summed E-state index contributed by atoms with van der Waals surface area (Å²) in [6.07, 6.45) is 9.63. The molecular weight excluding hydrogens is 480 g/mol. The number of piperidine rings is 1. The molecule has 1 aliphatic carbocycles. The second-order valence-corrected chi connectivity index (χ2v) is 10.2. The average Bonchev–Trinajstić information content (AvgIpc) is 3.44. The van der Waals surface area contributed by atoms with E-state index in [0.717, 1.165) is 31.4 Å². The first kappa shape index (κ1) is 25.3. The highest BCUT2D eigenvalue weighted by Gasteiger charge is 2.41. The van der Waals surface area contributed by atoms with Gasteiger partial charge in [-0.15, -0.1) is 0 Å². The highest BCUT2D eigenvalue weighted by atomic mass is 19.3. The number of alkyl halides is 2. The first-order chi connectivity index (χ1) is 17.8. The molecule has 0 aromatic carbocycles. The maximum atomic E-state index is 13.8. The van der Waals surface area contributed by atoms with Crippen LogP contribution in [0.5, 0.6) is 0 Å². The number of rotatable bonds is 7. The Kier molecular flexibility index (Phi) is 7.21. The van der Waals surface area contributed by atoms with Gasteiger partial charge in [0.1, 0.15) is 5.69 Å². The maximum Gasteiger partial charge on any atom is 0.270 e. The van der Waals surface area contributed by atoms with Crippen LogP contribution in [0, 0.1) is 11.8 Å². The van der Waals surface area contributed by atoms with Gasteiger partial charge in [0.15, 0.2) is 5.65 Å². The van der Waals surface area contributed by atoms with Gasteiger partial charge in [0.05, 0.1) is 30.2 Å². The van der Waals surface area contributed by atoms with Crippen molar-refractivity contribution in [3.05, 3.63) is 47.7 Å². The zero-order valence-electron chi connectivity index (χ0n) is 21.0. The van der Waals surface area contributed by atoms with Gasteiger partial charge in [-0.05, 0) is 43.9 Å². The molecule has 1 saturated carbocycles. The second kappa shape index (κ2) is 10.5. The van der Waals surface area contributed by atoms with E-state index >= 15 is 0 Å². The molecule has 0 spiro atoms. The Morgan fingerprint density at radius 1 is 1.22 bits per heavy atom. The molecule has 3 aromatic heterocycles. The normalized spacial score (nSPS) is 21.4. The van der Waals surface area contributed by atoms with Crippen LogP contribution in [0.1, 0.15) is 79.8 Å². The lowest BCUT2D eigenvalue weighted by atomic mass is 9.90. The Balaban J connectivity index is 1.41. The molecule has 2 atom stereocenters. The number of aromatic nitrogens is 5. The van der Waals surface area contributed by atoms with Gasteiger partial charge in [0.25, 0.3) is 11.8 Å². The van der Waals surface area contributed by atoms with E-state index in [1.807, 2.05) is 6.92 Å². The average molecular weight is 514 g/mol. The van der Waals surface area contributed by atoms with Gasteiger partial charge in [-0.3, -0.25) is 14.3 Å². The number of carbonyl (C=O) groups excluding carboxylic acids is 2. The van der Waals surface area contributed by atoms with Crippen molar-refractivity contribution in [2.24, 2.45) is 11.8 Å². The molecule has 1 unspecified atom stereocenters. The molecule has 1 saturated heterocycles. The van der Waals surface area contributed by atoms with Crippen LogP contribution in [0.3, 0.4) is 0 Å². The summed E-state index contributed by atoms with van der Waals surface area (Å²) in [5, 5.41) is 14.3. The Morgan fingerprint density at radius 2 is 2.00 bits per heavy atom. The van der Waals surface area contributed by atoms with Crippen LogP contribution >= 0.6 is 0 Å². The Bertz CT molecular complexity index is 1260. The van der Waals surface area contributed by atoms with E-state index in [4.69, 9.17) is 4.98 Å². The van der Waals surface area contributed by atoms with E-state index < -0.39 is 24.8 Å². The molecule has 0 bridgehead atoms.